The first-order chi connectivity index (χ1) is 15.5. The van der Waals surface area contributed by atoms with Gasteiger partial charge in [-0.15, -0.1) is 0 Å². The van der Waals surface area contributed by atoms with Crippen LogP contribution in [0.1, 0.15) is 16.8 Å². The Balaban J connectivity index is 1.52. The average Bonchev–Trinajstić information content (AvgIpc) is 3.18. The Labute approximate surface area is 189 Å². The number of oxazole rings is 1. The van der Waals surface area contributed by atoms with Crippen LogP contribution in [0.4, 0.5) is 6.01 Å². The van der Waals surface area contributed by atoms with Crippen LogP contribution in [-0.4, -0.2) is 58.9 Å². The van der Waals surface area contributed by atoms with Gasteiger partial charge in [0, 0.05) is 42.2 Å². The van der Waals surface area contributed by atoms with E-state index in [-0.39, 0.29) is 23.9 Å². The molecule has 9 heteroatoms. The molecule has 0 spiro atoms. The minimum absolute atomic E-state index is 0.0707. The number of nitrogens with zero attached hydrogens (tertiary/aromatic N) is 3. The lowest BCUT2D eigenvalue weighted by Crippen LogP contribution is -2.57. The molecule has 0 saturated carbocycles. The maximum absolute atomic E-state index is 13.4. The molecule has 2 aromatic carbocycles. The number of aromatic nitrogens is 1. The first-order valence-electron chi connectivity index (χ1n) is 10.3. The van der Waals surface area contributed by atoms with Crippen molar-refractivity contribution in [2.24, 2.45) is 0 Å². The van der Waals surface area contributed by atoms with Crippen LogP contribution >= 0.6 is 11.6 Å². The molecule has 1 fully saturated rings. The molecule has 0 aliphatic carbocycles. The van der Waals surface area contributed by atoms with Crippen molar-refractivity contribution < 1.29 is 18.7 Å². The van der Waals surface area contributed by atoms with E-state index >= 15 is 0 Å². The Morgan fingerprint density at radius 2 is 2.09 bits per heavy atom. The van der Waals surface area contributed by atoms with Crippen molar-refractivity contribution in [1.29, 1.82) is 0 Å². The van der Waals surface area contributed by atoms with Crippen LogP contribution in [0.3, 0.4) is 0 Å². The lowest BCUT2D eigenvalue weighted by Gasteiger charge is -2.42. The number of nitrogen functional groups attached to an aromatic ring is 1. The van der Waals surface area contributed by atoms with Gasteiger partial charge in [0.2, 0.25) is 5.91 Å². The number of fused-ring (bicyclic) bond motifs is 3. The summed E-state index contributed by atoms with van der Waals surface area (Å²) in [6.07, 6.45) is 1.91. The molecule has 5 rings (SSSR count). The Morgan fingerprint density at radius 3 is 2.91 bits per heavy atom. The van der Waals surface area contributed by atoms with Gasteiger partial charge in [0.05, 0.1) is 18.2 Å². The van der Waals surface area contributed by atoms with Crippen LogP contribution in [0.15, 0.2) is 47.4 Å². The van der Waals surface area contributed by atoms with Gasteiger partial charge in [0.1, 0.15) is 11.3 Å². The van der Waals surface area contributed by atoms with Crippen molar-refractivity contribution in [3.63, 3.8) is 0 Å². The van der Waals surface area contributed by atoms with Gasteiger partial charge in [-0.3, -0.25) is 9.59 Å². The van der Waals surface area contributed by atoms with Gasteiger partial charge in [-0.2, -0.15) is 4.98 Å². The Morgan fingerprint density at radius 1 is 1.25 bits per heavy atom. The molecule has 2 aliphatic heterocycles. The highest BCUT2D eigenvalue weighted by atomic mass is 35.5. The van der Waals surface area contributed by atoms with E-state index in [1.54, 1.807) is 23.1 Å². The summed E-state index contributed by atoms with van der Waals surface area (Å²) in [5.74, 6) is 0.175. The third-order valence-corrected chi connectivity index (χ3v) is 6.28. The molecular formula is C23H21ClN4O4. The molecule has 0 bridgehead atoms. The third-order valence-electron chi connectivity index (χ3n) is 5.96. The molecule has 2 N–H and O–H groups in total. The number of piperazine rings is 1. The van der Waals surface area contributed by atoms with Crippen molar-refractivity contribution in [3.05, 3.63) is 53.6 Å². The topological polar surface area (TPSA) is 102 Å². The Bertz CT molecular complexity index is 1250. The molecule has 2 aliphatic rings. The number of hydrogen-bond acceptors (Lipinski definition) is 6. The van der Waals surface area contributed by atoms with Crippen LogP contribution in [0, 0.1) is 0 Å². The number of rotatable bonds is 2. The molecule has 32 heavy (non-hydrogen) atoms. The van der Waals surface area contributed by atoms with E-state index < -0.39 is 0 Å². The molecule has 1 aromatic heterocycles. The van der Waals surface area contributed by atoms with E-state index in [9.17, 15) is 9.59 Å². The molecule has 3 aromatic rings. The summed E-state index contributed by atoms with van der Waals surface area (Å²) < 4.78 is 11.4. The zero-order valence-electron chi connectivity index (χ0n) is 17.2. The molecule has 1 atom stereocenters. The monoisotopic (exact) mass is 452 g/mol. The van der Waals surface area contributed by atoms with Gasteiger partial charge in [-0.05, 0) is 24.3 Å². The molecular weight excluding hydrogens is 432 g/mol. The van der Waals surface area contributed by atoms with Gasteiger partial charge in [0.25, 0.3) is 11.9 Å². The first-order valence-corrected chi connectivity index (χ1v) is 10.7. The lowest BCUT2D eigenvalue weighted by atomic mass is 9.99. The van der Waals surface area contributed by atoms with Crippen LogP contribution in [-0.2, 0) is 4.79 Å². The fourth-order valence-corrected chi connectivity index (χ4v) is 4.65. The number of nitrogens with two attached hydrogens (primary N) is 1. The number of carbonyl (C=O) groups is 2. The van der Waals surface area contributed by atoms with E-state index in [2.05, 4.69) is 11.6 Å². The maximum Gasteiger partial charge on any atom is 0.293 e. The van der Waals surface area contributed by atoms with Crippen LogP contribution in [0.2, 0.25) is 5.02 Å². The maximum atomic E-state index is 13.4. The van der Waals surface area contributed by atoms with Crippen molar-refractivity contribution >= 4 is 40.5 Å². The predicted octanol–water partition coefficient (Wildman–Crippen LogP) is 3.35. The van der Waals surface area contributed by atoms with E-state index in [1.807, 2.05) is 17.0 Å². The van der Waals surface area contributed by atoms with E-state index in [0.717, 1.165) is 5.56 Å². The molecule has 0 radical (unpaired) electrons. The van der Waals surface area contributed by atoms with Gasteiger partial charge < -0.3 is 24.7 Å². The number of benzene rings is 2. The zero-order valence-corrected chi connectivity index (χ0v) is 18.0. The molecule has 0 unspecified atom stereocenters. The lowest BCUT2D eigenvalue weighted by molar-refractivity contribution is -0.128. The number of para-hydroxylation sites is 1. The largest absolute Gasteiger partial charge is 0.493 e. The van der Waals surface area contributed by atoms with Gasteiger partial charge in [0.15, 0.2) is 5.58 Å². The third kappa shape index (κ3) is 3.36. The SMILES string of the molecule is C=CC(=O)N1CCN2C(=O)c3cc(Cl)c(-c4cccc5oc(N)nc45)cc3OCC[C@H]2C1. The smallest absolute Gasteiger partial charge is 0.293 e. The van der Waals surface area contributed by atoms with Gasteiger partial charge in [-0.1, -0.05) is 30.3 Å². The molecule has 8 nitrogen and oxygen atoms in total. The van der Waals surface area contributed by atoms with Crippen molar-refractivity contribution in [1.82, 2.24) is 14.8 Å². The summed E-state index contributed by atoms with van der Waals surface area (Å²) >= 11 is 6.64. The van der Waals surface area contributed by atoms with Crippen molar-refractivity contribution in [2.45, 2.75) is 12.5 Å². The fourth-order valence-electron chi connectivity index (χ4n) is 4.39. The summed E-state index contributed by atoms with van der Waals surface area (Å²) in [4.78, 5) is 33.2. The number of carbonyl (C=O) groups excluding carboxylic acids is 2. The van der Waals surface area contributed by atoms with Crippen molar-refractivity contribution in [3.8, 4) is 16.9 Å². The summed E-state index contributed by atoms with van der Waals surface area (Å²) in [5.41, 5.74) is 8.68. The standard InChI is InChI=1S/C23H21ClN4O4/c1-2-20(29)27-7-8-28-13(12-27)6-9-31-19-11-15(17(24)10-16(19)22(28)30)14-4-3-5-18-21(14)26-23(25)32-18/h2-5,10-11,13H,1,6-9,12H2,(H2,25,26)/t13-/m0/s1. The van der Waals surface area contributed by atoms with Gasteiger partial charge in [-0.25, -0.2) is 0 Å². The molecule has 1 saturated heterocycles. The quantitative estimate of drug-likeness (QED) is 0.598. The minimum atomic E-state index is -0.159. The zero-order chi connectivity index (χ0) is 22.4. The highest BCUT2D eigenvalue weighted by Crippen LogP contribution is 2.39. The van der Waals surface area contributed by atoms with Crippen molar-refractivity contribution in [2.75, 3.05) is 32.0 Å². The number of ether oxygens (including phenoxy) is 1. The summed E-state index contributed by atoms with van der Waals surface area (Å²) in [6.45, 7) is 5.32. The fraction of sp³-hybridized carbons (Fsp3) is 0.261. The number of hydrogen-bond donors (Lipinski definition) is 1. The van der Waals surface area contributed by atoms with E-state index in [1.165, 1.54) is 6.08 Å². The Hall–Kier alpha value is -3.52. The number of halogens is 1. The predicted molar refractivity (Wildman–Crippen MR) is 121 cm³/mol. The normalized spacial score (nSPS) is 18.4. The summed E-state index contributed by atoms with van der Waals surface area (Å²) in [7, 11) is 0. The van der Waals surface area contributed by atoms with Crippen LogP contribution in [0.25, 0.3) is 22.2 Å². The highest BCUT2D eigenvalue weighted by Gasteiger charge is 2.35. The van der Waals surface area contributed by atoms with Gasteiger partial charge >= 0.3 is 0 Å². The molecule has 164 valence electrons. The van der Waals surface area contributed by atoms with Crippen LogP contribution < -0.4 is 10.5 Å². The second kappa shape index (κ2) is 7.87. The second-order valence-corrected chi connectivity index (χ2v) is 8.22. The molecule has 2 amide bonds. The number of anilines is 1. The summed E-state index contributed by atoms with van der Waals surface area (Å²) in [6, 6.07) is 8.83. The minimum Gasteiger partial charge on any atom is -0.493 e. The molecule has 3 heterocycles. The average molecular weight is 453 g/mol. The van der Waals surface area contributed by atoms with E-state index in [0.29, 0.717) is 65.7 Å². The highest BCUT2D eigenvalue weighted by molar-refractivity contribution is 6.34. The first kappa shape index (κ1) is 20.4. The number of amides is 2. The van der Waals surface area contributed by atoms with Crippen LogP contribution in [0.5, 0.6) is 5.75 Å². The Kier molecular flexibility index (Phi) is 5.01. The van der Waals surface area contributed by atoms with E-state index in [4.69, 9.17) is 26.5 Å². The summed E-state index contributed by atoms with van der Waals surface area (Å²) in [5, 5.41) is 0.396. The second-order valence-electron chi connectivity index (χ2n) is 7.81.